The monoisotopic (exact) mass is 375 g/mol. The molecule has 0 saturated heterocycles. The van der Waals surface area contributed by atoms with Crippen LogP contribution < -0.4 is 11.2 Å². The zero-order valence-corrected chi connectivity index (χ0v) is 14.9. The van der Waals surface area contributed by atoms with Gasteiger partial charge in [-0.2, -0.15) is 0 Å². The third kappa shape index (κ3) is 2.37. The van der Waals surface area contributed by atoms with Crippen molar-refractivity contribution in [2.75, 3.05) is 5.33 Å². The minimum atomic E-state index is -0.310. The molecule has 5 nitrogen and oxygen atoms in total. The largest absolute Gasteiger partial charge is 0.344 e. The van der Waals surface area contributed by atoms with E-state index in [0.717, 1.165) is 28.7 Å². The van der Waals surface area contributed by atoms with Gasteiger partial charge in [0.2, 0.25) is 0 Å². The first-order valence-corrected chi connectivity index (χ1v) is 8.50. The lowest BCUT2D eigenvalue weighted by Gasteiger charge is -2.11. The van der Waals surface area contributed by atoms with Crippen LogP contribution in [-0.2, 0) is 20.6 Å². The molecule has 0 unspecified atom stereocenters. The molecule has 0 bridgehead atoms. The molecule has 3 aromatic rings. The van der Waals surface area contributed by atoms with Crippen molar-refractivity contribution in [3.63, 3.8) is 0 Å². The molecule has 0 N–H and O–H groups in total. The first-order chi connectivity index (χ1) is 11.0. The quantitative estimate of drug-likeness (QED) is 0.660. The van der Waals surface area contributed by atoms with Crippen LogP contribution in [0.5, 0.6) is 0 Å². The summed E-state index contributed by atoms with van der Waals surface area (Å²) < 4.78 is 4.74. The molecule has 23 heavy (non-hydrogen) atoms. The van der Waals surface area contributed by atoms with Crippen LogP contribution in [0.1, 0.15) is 5.56 Å². The minimum absolute atomic E-state index is 0.255. The number of rotatable bonds is 3. The molecule has 2 heterocycles. The van der Waals surface area contributed by atoms with Crippen LogP contribution in [-0.4, -0.2) is 19.0 Å². The van der Waals surface area contributed by atoms with E-state index in [2.05, 4.69) is 15.9 Å². The lowest BCUT2D eigenvalue weighted by molar-refractivity contribution is 0.714. The van der Waals surface area contributed by atoms with E-state index in [1.807, 2.05) is 42.0 Å². The molecule has 1 aromatic carbocycles. The molecule has 0 radical (unpaired) electrons. The number of alkyl halides is 1. The number of fused-ring (bicyclic) bond motifs is 1. The van der Waals surface area contributed by atoms with Crippen molar-refractivity contribution in [2.45, 2.75) is 13.5 Å². The van der Waals surface area contributed by atoms with Crippen LogP contribution in [0.2, 0.25) is 0 Å². The Morgan fingerprint density at radius 3 is 2.43 bits per heavy atom. The maximum Gasteiger partial charge on any atom is 0.330 e. The molecule has 0 aliphatic rings. The van der Waals surface area contributed by atoms with E-state index in [1.54, 1.807) is 7.05 Å². The fraction of sp³-hybridized carbons (Fsp3) is 0.294. The van der Waals surface area contributed by atoms with Crippen molar-refractivity contribution in [3.05, 3.63) is 56.9 Å². The van der Waals surface area contributed by atoms with Gasteiger partial charge in [0, 0.05) is 37.7 Å². The SMILES string of the molecule is Cc1ccccc1-c1c2c(=O)n(C)c(=O)n(C)c2cn1CCBr. The second kappa shape index (κ2) is 5.85. The van der Waals surface area contributed by atoms with Gasteiger partial charge in [-0.05, 0) is 12.5 Å². The molecular formula is C17H18BrN3O2. The number of hydrogen-bond donors (Lipinski definition) is 0. The Morgan fingerprint density at radius 2 is 1.78 bits per heavy atom. The number of nitrogens with zero attached hydrogens (tertiary/aromatic N) is 3. The third-order valence-electron chi connectivity index (χ3n) is 4.24. The normalized spacial score (nSPS) is 11.3. The average molecular weight is 376 g/mol. The Balaban J connectivity index is 2.54. The van der Waals surface area contributed by atoms with Gasteiger partial charge in [0.15, 0.2) is 0 Å². The summed E-state index contributed by atoms with van der Waals surface area (Å²) in [7, 11) is 3.22. The number of aromatic nitrogens is 3. The highest BCUT2D eigenvalue weighted by molar-refractivity contribution is 9.09. The van der Waals surface area contributed by atoms with Gasteiger partial charge in [0.25, 0.3) is 5.56 Å². The van der Waals surface area contributed by atoms with Crippen LogP contribution in [0, 0.1) is 6.92 Å². The summed E-state index contributed by atoms with van der Waals surface area (Å²) in [6.07, 6.45) is 1.89. The van der Waals surface area contributed by atoms with Gasteiger partial charge in [-0.1, -0.05) is 40.2 Å². The minimum Gasteiger partial charge on any atom is -0.344 e. The smallest absolute Gasteiger partial charge is 0.330 e. The Hall–Kier alpha value is -2.08. The first-order valence-electron chi connectivity index (χ1n) is 7.38. The van der Waals surface area contributed by atoms with Gasteiger partial charge in [-0.3, -0.25) is 13.9 Å². The summed E-state index contributed by atoms with van der Waals surface area (Å²) in [4.78, 5) is 24.9. The maximum absolute atomic E-state index is 12.7. The molecule has 6 heteroatoms. The lowest BCUT2D eigenvalue weighted by atomic mass is 10.0. The standard InChI is InChI=1S/C17H18BrN3O2/c1-11-6-4-5-7-12(11)15-14-13(10-21(15)9-8-18)19(2)17(23)20(3)16(14)22/h4-7,10H,8-9H2,1-3H3. The van der Waals surface area contributed by atoms with Crippen LogP contribution in [0.15, 0.2) is 40.1 Å². The highest BCUT2D eigenvalue weighted by Crippen LogP contribution is 2.30. The summed E-state index contributed by atoms with van der Waals surface area (Å²) >= 11 is 3.46. The van der Waals surface area contributed by atoms with Crippen LogP contribution in [0.3, 0.4) is 0 Å². The number of hydrogen-bond acceptors (Lipinski definition) is 2. The number of aryl methyl sites for hydroxylation is 3. The summed E-state index contributed by atoms with van der Waals surface area (Å²) in [6.45, 7) is 2.74. The molecule has 0 aliphatic heterocycles. The fourth-order valence-corrected chi connectivity index (χ4v) is 3.37. The van der Waals surface area contributed by atoms with Gasteiger partial charge in [-0.15, -0.1) is 0 Å². The van der Waals surface area contributed by atoms with Crippen molar-refractivity contribution < 1.29 is 0 Å². The van der Waals surface area contributed by atoms with Crippen molar-refractivity contribution in [1.82, 2.24) is 13.7 Å². The van der Waals surface area contributed by atoms with Crippen LogP contribution in [0.4, 0.5) is 0 Å². The van der Waals surface area contributed by atoms with Gasteiger partial charge >= 0.3 is 5.69 Å². The van der Waals surface area contributed by atoms with E-state index in [1.165, 1.54) is 16.2 Å². The molecule has 3 rings (SSSR count). The van der Waals surface area contributed by atoms with Crippen molar-refractivity contribution in [3.8, 4) is 11.3 Å². The highest BCUT2D eigenvalue weighted by Gasteiger charge is 2.19. The molecule has 0 spiro atoms. The Kier molecular flexibility index (Phi) is 4.02. The molecule has 120 valence electrons. The lowest BCUT2D eigenvalue weighted by Crippen LogP contribution is -2.36. The fourth-order valence-electron chi connectivity index (χ4n) is 2.98. The summed E-state index contributed by atoms with van der Waals surface area (Å²) in [6, 6.07) is 7.98. The summed E-state index contributed by atoms with van der Waals surface area (Å²) in [5.41, 5.74) is 3.08. The molecule has 0 amide bonds. The molecule has 0 saturated carbocycles. The number of benzene rings is 1. The van der Waals surface area contributed by atoms with Gasteiger partial charge in [-0.25, -0.2) is 4.79 Å². The van der Waals surface area contributed by atoms with Crippen LogP contribution in [0.25, 0.3) is 22.2 Å². The zero-order valence-electron chi connectivity index (χ0n) is 13.3. The van der Waals surface area contributed by atoms with Gasteiger partial charge in [0.1, 0.15) is 0 Å². The predicted molar refractivity (Wildman–Crippen MR) is 96.4 cm³/mol. The zero-order chi connectivity index (χ0) is 16.7. The van der Waals surface area contributed by atoms with E-state index in [0.29, 0.717) is 10.9 Å². The summed E-state index contributed by atoms with van der Waals surface area (Å²) in [5, 5.41) is 1.35. The van der Waals surface area contributed by atoms with E-state index in [-0.39, 0.29) is 11.2 Å². The first kappa shape index (κ1) is 15.8. The van der Waals surface area contributed by atoms with E-state index in [9.17, 15) is 9.59 Å². The van der Waals surface area contributed by atoms with Gasteiger partial charge in [0.05, 0.1) is 16.6 Å². The average Bonchev–Trinajstić information content (AvgIpc) is 2.91. The topological polar surface area (TPSA) is 48.9 Å². The molecule has 0 fully saturated rings. The molecule has 2 aromatic heterocycles. The Bertz CT molecular complexity index is 1010. The van der Waals surface area contributed by atoms with Crippen molar-refractivity contribution >= 4 is 26.8 Å². The summed E-state index contributed by atoms with van der Waals surface area (Å²) in [5.74, 6) is 0. The van der Waals surface area contributed by atoms with Crippen molar-refractivity contribution in [2.24, 2.45) is 14.1 Å². The van der Waals surface area contributed by atoms with Crippen LogP contribution >= 0.6 is 15.9 Å². The molecule has 0 aliphatic carbocycles. The maximum atomic E-state index is 12.7. The predicted octanol–water partition coefficient (Wildman–Crippen LogP) is 2.41. The Morgan fingerprint density at radius 1 is 1.09 bits per heavy atom. The number of halogens is 1. The third-order valence-corrected chi connectivity index (χ3v) is 4.59. The molecular weight excluding hydrogens is 358 g/mol. The highest BCUT2D eigenvalue weighted by atomic mass is 79.9. The Labute approximate surface area is 141 Å². The molecule has 0 atom stereocenters. The van der Waals surface area contributed by atoms with E-state index >= 15 is 0 Å². The van der Waals surface area contributed by atoms with E-state index < -0.39 is 0 Å². The van der Waals surface area contributed by atoms with Crippen molar-refractivity contribution in [1.29, 1.82) is 0 Å². The van der Waals surface area contributed by atoms with Gasteiger partial charge < -0.3 is 4.57 Å². The van der Waals surface area contributed by atoms with E-state index in [4.69, 9.17) is 0 Å². The second-order valence-corrected chi connectivity index (χ2v) is 6.43. The second-order valence-electron chi connectivity index (χ2n) is 5.64.